The molecule has 45 heavy (non-hydrogen) atoms. The third-order valence-electron chi connectivity index (χ3n) is 9.75. The maximum atomic E-state index is 14.9. The van der Waals surface area contributed by atoms with Gasteiger partial charge in [0.15, 0.2) is 0 Å². The molecule has 0 aliphatic carbocycles. The van der Waals surface area contributed by atoms with Crippen molar-refractivity contribution in [1.29, 1.82) is 0 Å². The van der Waals surface area contributed by atoms with E-state index in [0.717, 1.165) is 5.52 Å². The lowest BCUT2D eigenvalue weighted by Crippen LogP contribution is -2.57. The molecule has 236 valence electrons. The minimum Gasteiger partial charge on any atom is -0.465 e. The second-order valence-corrected chi connectivity index (χ2v) is 12.0. The van der Waals surface area contributed by atoms with E-state index >= 15 is 0 Å². The van der Waals surface area contributed by atoms with E-state index in [0.29, 0.717) is 36.8 Å². The number of amides is 2. The second kappa shape index (κ2) is 12.2. The highest BCUT2D eigenvalue weighted by atomic mass is 16.6. The van der Waals surface area contributed by atoms with Gasteiger partial charge in [0.1, 0.15) is 29.7 Å². The van der Waals surface area contributed by atoms with Crippen LogP contribution in [0.2, 0.25) is 0 Å². The summed E-state index contributed by atoms with van der Waals surface area (Å²) < 4.78 is 14.2. The van der Waals surface area contributed by atoms with Gasteiger partial charge in [-0.15, -0.1) is 18.3 Å². The predicted octanol–water partition coefficient (Wildman–Crippen LogP) is 3.41. The number of rotatable bonds is 13. The molecule has 3 aromatic rings. The van der Waals surface area contributed by atoms with Crippen molar-refractivity contribution in [3.8, 4) is 0 Å². The molecular formula is C34H39N5O6. The highest BCUT2D eigenvalue weighted by Gasteiger charge is 2.79. The number of hydrogen-bond acceptors (Lipinski definition) is 8. The van der Waals surface area contributed by atoms with Crippen molar-refractivity contribution in [2.45, 2.75) is 62.6 Å². The van der Waals surface area contributed by atoms with Crippen LogP contribution < -0.4 is 0 Å². The molecule has 4 heterocycles. The first-order valence-corrected chi connectivity index (χ1v) is 15.5. The molecule has 0 radical (unpaired) electrons. The number of carbonyl (C=O) groups is 3. The van der Waals surface area contributed by atoms with E-state index < -0.39 is 53.6 Å². The van der Waals surface area contributed by atoms with Crippen molar-refractivity contribution < 1.29 is 29.0 Å². The van der Waals surface area contributed by atoms with Gasteiger partial charge in [-0.2, -0.15) is 0 Å². The zero-order valence-corrected chi connectivity index (χ0v) is 25.5. The van der Waals surface area contributed by atoms with E-state index in [1.807, 2.05) is 61.5 Å². The van der Waals surface area contributed by atoms with Crippen molar-refractivity contribution in [3.63, 3.8) is 0 Å². The fourth-order valence-electron chi connectivity index (χ4n) is 7.72. The largest absolute Gasteiger partial charge is 0.465 e. The predicted molar refractivity (Wildman–Crippen MR) is 165 cm³/mol. The first-order valence-electron chi connectivity index (χ1n) is 15.5. The number of ether oxygens (including phenoxy) is 2. The minimum absolute atomic E-state index is 0.0473. The maximum Gasteiger partial charge on any atom is 0.312 e. The summed E-state index contributed by atoms with van der Waals surface area (Å²) in [4.78, 5) is 46.4. The van der Waals surface area contributed by atoms with Crippen LogP contribution in [0.5, 0.6) is 0 Å². The summed E-state index contributed by atoms with van der Waals surface area (Å²) in [6, 6.07) is 14.6. The fraction of sp³-hybridized carbons (Fsp3) is 0.441. The number of benzene rings is 2. The third kappa shape index (κ3) is 4.85. The van der Waals surface area contributed by atoms with Gasteiger partial charge in [-0.3, -0.25) is 14.4 Å². The SMILES string of the molecule is C=CCCOC(=O)[C@H]1[C@H]2C(=O)N([C@H](CO)c3ccccc3)C(C(=O)N(CC=C)Cn3nnc4ccccc43)C23CC[C@]1(CC)O3. The number of para-hydroxylation sites is 1. The molecule has 1 aromatic heterocycles. The van der Waals surface area contributed by atoms with Gasteiger partial charge < -0.3 is 24.4 Å². The van der Waals surface area contributed by atoms with Crippen molar-refractivity contribution in [3.05, 3.63) is 85.5 Å². The number of likely N-dealkylation sites (tertiary alicyclic amines) is 1. The van der Waals surface area contributed by atoms with Crippen LogP contribution in [0.15, 0.2) is 79.9 Å². The lowest BCUT2D eigenvalue weighted by molar-refractivity contribution is -0.164. The van der Waals surface area contributed by atoms with Gasteiger partial charge >= 0.3 is 5.97 Å². The van der Waals surface area contributed by atoms with Crippen LogP contribution in [0, 0.1) is 11.8 Å². The zero-order valence-electron chi connectivity index (χ0n) is 25.5. The molecule has 2 unspecified atom stereocenters. The molecule has 6 rings (SSSR count). The molecule has 3 aliphatic heterocycles. The van der Waals surface area contributed by atoms with Gasteiger partial charge in [-0.1, -0.05) is 66.8 Å². The van der Waals surface area contributed by atoms with E-state index in [2.05, 4.69) is 23.5 Å². The molecule has 2 aromatic carbocycles. The molecule has 6 atom stereocenters. The minimum atomic E-state index is -1.29. The Labute approximate surface area is 262 Å². The lowest BCUT2D eigenvalue weighted by atomic mass is 9.65. The Kier molecular flexibility index (Phi) is 8.32. The molecule has 2 bridgehead atoms. The number of aromatic nitrogens is 3. The Morgan fingerprint density at radius 2 is 1.91 bits per heavy atom. The van der Waals surface area contributed by atoms with E-state index in [4.69, 9.17) is 9.47 Å². The summed E-state index contributed by atoms with van der Waals surface area (Å²) in [6.07, 6.45) is 5.14. The number of hydrogen-bond donors (Lipinski definition) is 1. The Balaban J connectivity index is 1.45. The van der Waals surface area contributed by atoms with Crippen LogP contribution in [0.1, 0.15) is 44.2 Å². The molecule has 1 spiro atoms. The summed E-state index contributed by atoms with van der Waals surface area (Å²) in [5.41, 5.74) is -0.131. The summed E-state index contributed by atoms with van der Waals surface area (Å²) in [5, 5.41) is 19.3. The molecule has 3 fully saturated rings. The number of carbonyl (C=O) groups excluding carboxylic acids is 3. The summed E-state index contributed by atoms with van der Waals surface area (Å²) in [5.74, 6) is -3.14. The van der Waals surface area contributed by atoms with Crippen LogP contribution >= 0.6 is 0 Å². The summed E-state index contributed by atoms with van der Waals surface area (Å²) in [7, 11) is 0. The van der Waals surface area contributed by atoms with Crippen molar-refractivity contribution in [1.82, 2.24) is 24.8 Å². The summed E-state index contributed by atoms with van der Waals surface area (Å²) in [6.45, 7) is 9.44. The van der Waals surface area contributed by atoms with Gasteiger partial charge in [0.05, 0.1) is 36.3 Å². The Morgan fingerprint density at radius 3 is 2.62 bits per heavy atom. The Bertz CT molecular complexity index is 1610. The molecule has 11 heteroatoms. The van der Waals surface area contributed by atoms with Crippen molar-refractivity contribution in [2.24, 2.45) is 11.8 Å². The van der Waals surface area contributed by atoms with Gasteiger partial charge in [0.2, 0.25) is 11.8 Å². The molecule has 11 nitrogen and oxygen atoms in total. The van der Waals surface area contributed by atoms with E-state index in [1.54, 1.807) is 21.7 Å². The smallest absolute Gasteiger partial charge is 0.312 e. The highest BCUT2D eigenvalue weighted by molar-refractivity contribution is 5.99. The average Bonchev–Trinajstić information content (AvgIpc) is 3.79. The Morgan fingerprint density at radius 1 is 1.16 bits per heavy atom. The highest BCUT2D eigenvalue weighted by Crippen LogP contribution is 2.65. The van der Waals surface area contributed by atoms with Crippen molar-refractivity contribution >= 4 is 28.8 Å². The van der Waals surface area contributed by atoms with E-state index in [9.17, 15) is 19.5 Å². The molecule has 3 saturated heterocycles. The van der Waals surface area contributed by atoms with Crippen LogP contribution in [0.3, 0.4) is 0 Å². The summed E-state index contributed by atoms with van der Waals surface area (Å²) >= 11 is 0. The van der Waals surface area contributed by atoms with E-state index in [1.165, 1.54) is 4.90 Å². The monoisotopic (exact) mass is 613 g/mol. The first kappa shape index (κ1) is 30.7. The topological polar surface area (TPSA) is 127 Å². The standard InChI is InChI=1S/C34H39N5O6/c1-4-7-20-44-32(43)28-27-30(41)39(26(21-40)23-13-9-8-10-14-23)29(34(27)18-17-33(28,6-3)45-34)31(42)37(19-5-2)22-38-25-16-12-11-15-24(25)35-36-38/h4-5,8-16,26-29,40H,1-2,6-7,17-22H2,3H3/t26-,27+,28-,29?,33+,34?/m1/s1. The Hall–Kier alpha value is -4.35. The first-order chi connectivity index (χ1) is 21.9. The van der Waals surface area contributed by atoms with Gasteiger partial charge in [0, 0.05) is 6.54 Å². The number of fused-ring (bicyclic) bond motifs is 2. The number of nitrogens with zero attached hydrogens (tertiary/aromatic N) is 5. The molecule has 1 N–H and O–H groups in total. The average molecular weight is 614 g/mol. The fourth-order valence-corrected chi connectivity index (χ4v) is 7.72. The van der Waals surface area contributed by atoms with E-state index in [-0.39, 0.29) is 25.7 Å². The molecular weight excluding hydrogens is 574 g/mol. The normalized spacial score (nSPS) is 27.4. The lowest BCUT2D eigenvalue weighted by Gasteiger charge is -2.39. The van der Waals surface area contributed by atoms with Crippen molar-refractivity contribution in [2.75, 3.05) is 19.8 Å². The van der Waals surface area contributed by atoms with Gasteiger partial charge in [0.25, 0.3) is 0 Å². The quantitative estimate of drug-likeness (QED) is 0.177. The third-order valence-corrected chi connectivity index (χ3v) is 9.75. The number of aliphatic hydroxyl groups is 1. The van der Waals surface area contributed by atoms with Gasteiger partial charge in [-0.05, 0) is 43.4 Å². The number of aliphatic hydroxyl groups excluding tert-OH is 1. The molecule has 3 aliphatic rings. The molecule has 0 saturated carbocycles. The second-order valence-electron chi connectivity index (χ2n) is 12.0. The van der Waals surface area contributed by atoms with Crippen LogP contribution in [-0.4, -0.2) is 84.7 Å². The van der Waals surface area contributed by atoms with Crippen LogP contribution in [0.4, 0.5) is 0 Å². The molecule has 2 amide bonds. The maximum absolute atomic E-state index is 14.9. The zero-order chi connectivity index (χ0) is 31.8. The van der Waals surface area contributed by atoms with Gasteiger partial charge in [-0.25, -0.2) is 4.68 Å². The van der Waals surface area contributed by atoms with Crippen LogP contribution in [0.25, 0.3) is 11.0 Å². The number of esters is 1. The van der Waals surface area contributed by atoms with Crippen LogP contribution in [-0.2, 0) is 30.5 Å².